The van der Waals surface area contributed by atoms with Crippen molar-refractivity contribution in [3.8, 4) is 0 Å². The number of allylic oxidation sites excluding steroid dienone is 8. The Balaban J connectivity index is 2.55. The molecule has 0 N–H and O–H groups in total. The third-order valence-electron chi connectivity index (χ3n) is 7.20. The van der Waals surface area contributed by atoms with Crippen molar-refractivity contribution in [3.63, 3.8) is 0 Å². The van der Waals surface area contributed by atoms with Gasteiger partial charge in [-0.15, -0.1) is 0 Å². The predicted octanol–water partition coefficient (Wildman–Crippen LogP) is 7.15. The zero-order valence-electron chi connectivity index (χ0n) is 17.1. The van der Waals surface area contributed by atoms with Crippen molar-refractivity contribution in [2.45, 2.75) is 82.1 Å². The van der Waals surface area contributed by atoms with Crippen molar-refractivity contribution in [2.75, 3.05) is 0 Å². The van der Waals surface area contributed by atoms with Crippen LogP contribution in [-0.4, -0.2) is 0 Å². The Labute approximate surface area is 151 Å². The van der Waals surface area contributed by atoms with E-state index in [1.54, 1.807) is 33.4 Å². The van der Waals surface area contributed by atoms with Crippen molar-refractivity contribution in [1.29, 1.82) is 0 Å². The minimum absolute atomic E-state index is 0.293. The van der Waals surface area contributed by atoms with Crippen LogP contribution >= 0.6 is 0 Å². The van der Waals surface area contributed by atoms with Gasteiger partial charge in [0.1, 0.15) is 0 Å². The Bertz CT molecular complexity index is 602. The second kappa shape index (κ2) is 6.14. The van der Waals surface area contributed by atoms with Crippen LogP contribution in [0.5, 0.6) is 0 Å². The van der Waals surface area contributed by atoms with Gasteiger partial charge in [0.2, 0.25) is 0 Å². The van der Waals surface area contributed by atoms with Gasteiger partial charge in [-0.25, -0.2) is 0 Å². The molecule has 0 aromatic carbocycles. The molecular weight excluding hydrogens is 330 g/mol. The maximum absolute atomic E-state index is 2.47. The SMILES string of the molecule is CCC1=[C]([Zn][C]2=C(CC)C(C)=C(C)C2(C)C)C(C)(C)C(C)=C1C. The van der Waals surface area contributed by atoms with E-state index in [1.165, 1.54) is 12.8 Å². The molecule has 2 aliphatic rings. The summed E-state index contributed by atoms with van der Waals surface area (Å²) in [5.41, 5.74) is 10.4. The first-order valence-corrected chi connectivity index (χ1v) is 12.3. The molecule has 0 nitrogen and oxygen atoms in total. The van der Waals surface area contributed by atoms with Gasteiger partial charge in [0.15, 0.2) is 0 Å². The van der Waals surface area contributed by atoms with Crippen molar-refractivity contribution in [3.05, 3.63) is 41.8 Å². The molecule has 2 rings (SSSR count). The Morgan fingerprint density at radius 3 is 1.22 bits per heavy atom. The summed E-state index contributed by atoms with van der Waals surface area (Å²) in [5, 5.41) is 0. The number of rotatable bonds is 4. The first-order chi connectivity index (χ1) is 10.5. The van der Waals surface area contributed by atoms with E-state index in [4.69, 9.17) is 0 Å². The van der Waals surface area contributed by atoms with E-state index in [0.29, 0.717) is 10.8 Å². The molecule has 124 valence electrons. The molecule has 0 amide bonds. The van der Waals surface area contributed by atoms with Crippen molar-refractivity contribution >= 4 is 0 Å². The Morgan fingerprint density at radius 1 is 0.652 bits per heavy atom. The summed E-state index contributed by atoms with van der Waals surface area (Å²) < 4.78 is 3.72. The first kappa shape index (κ1) is 18.9. The van der Waals surface area contributed by atoms with E-state index in [2.05, 4.69) is 69.2 Å². The van der Waals surface area contributed by atoms with Crippen LogP contribution in [0.15, 0.2) is 41.8 Å². The summed E-state index contributed by atoms with van der Waals surface area (Å²) in [6, 6.07) is 0. The maximum atomic E-state index is 2.47. The van der Waals surface area contributed by atoms with E-state index in [9.17, 15) is 0 Å². The molecule has 0 bridgehead atoms. The van der Waals surface area contributed by atoms with E-state index >= 15 is 0 Å². The van der Waals surface area contributed by atoms with Gasteiger partial charge < -0.3 is 0 Å². The average molecular weight is 364 g/mol. The molecule has 23 heavy (non-hydrogen) atoms. The van der Waals surface area contributed by atoms with Crippen LogP contribution in [0.25, 0.3) is 0 Å². The third-order valence-corrected chi connectivity index (χ3v) is 14.2. The fourth-order valence-electron chi connectivity index (χ4n) is 4.84. The molecule has 2 aliphatic carbocycles. The van der Waals surface area contributed by atoms with E-state index < -0.39 is 17.1 Å². The first-order valence-electron chi connectivity index (χ1n) is 9.33. The Kier molecular flexibility index (Phi) is 5.05. The number of hydrogen-bond donors (Lipinski definition) is 0. The summed E-state index contributed by atoms with van der Waals surface area (Å²) in [6.07, 6.45) is 2.40. The van der Waals surface area contributed by atoms with Crippen LogP contribution in [0.1, 0.15) is 82.1 Å². The van der Waals surface area contributed by atoms with Crippen molar-refractivity contribution < 1.29 is 17.1 Å². The topological polar surface area (TPSA) is 0 Å². The second-order valence-electron chi connectivity index (χ2n) is 8.55. The molecule has 0 spiro atoms. The fraction of sp³-hybridized carbons (Fsp3) is 0.636. The summed E-state index contributed by atoms with van der Waals surface area (Å²) in [5.74, 6) is 0. The molecule has 0 saturated heterocycles. The molecule has 0 aromatic rings. The van der Waals surface area contributed by atoms with Gasteiger partial charge in [0.05, 0.1) is 0 Å². The van der Waals surface area contributed by atoms with Crippen LogP contribution in [0, 0.1) is 10.8 Å². The zero-order valence-corrected chi connectivity index (χ0v) is 20.1. The molecule has 0 unspecified atom stereocenters. The monoisotopic (exact) mass is 362 g/mol. The molecule has 0 aromatic heterocycles. The van der Waals surface area contributed by atoms with Crippen molar-refractivity contribution in [2.24, 2.45) is 10.8 Å². The Morgan fingerprint density at radius 2 is 0.957 bits per heavy atom. The summed E-state index contributed by atoms with van der Waals surface area (Å²) in [7, 11) is 0. The van der Waals surface area contributed by atoms with E-state index in [-0.39, 0.29) is 0 Å². The molecular formula is C22H34Zn. The normalized spacial score (nSPS) is 23.4. The molecule has 0 aliphatic heterocycles. The van der Waals surface area contributed by atoms with Crippen LogP contribution in [0.3, 0.4) is 0 Å². The van der Waals surface area contributed by atoms with Gasteiger partial charge >= 0.3 is 152 Å². The zero-order chi connectivity index (χ0) is 17.7. The van der Waals surface area contributed by atoms with Gasteiger partial charge in [0.25, 0.3) is 0 Å². The van der Waals surface area contributed by atoms with Gasteiger partial charge in [-0.2, -0.15) is 0 Å². The van der Waals surface area contributed by atoms with Gasteiger partial charge in [-0.3, -0.25) is 0 Å². The molecule has 0 saturated carbocycles. The van der Waals surface area contributed by atoms with Gasteiger partial charge in [0, 0.05) is 0 Å². The Hall–Kier alpha value is -0.417. The second-order valence-corrected chi connectivity index (χ2v) is 12.3. The number of hydrogen-bond acceptors (Lipinski definition) is 0. The summed E-state index contributed by atoms with van der Waals surface area (Å²) in [6.45, 7) is 24.0. The molecule has 0 fully saturated rings. The van der Waals surface area contributed by atoms with Crippen LogP contribution < -0.4 is 0 Å². The summed E-state index contributed by atoms with van der Waals surface area (Å²) in [4.78, 5) is 0. The van der Waals surface area contributed by atoms with Crippen LogP contribution in [0.2, 0.25) is 0 Å². The minimum atomic E-state index is -0.959. The van der Waals surface area contributed by atoms with Crippen molar-refractivity contribution in [1.82, 2.24) is 0 Å². The standard InChI is InChI=1S/2C11H17.Zn/c2*1-6-10-7-11(4,5)9(3)8(10)2;/h2*6H2,1-5H3;. The summed E-state index contributed by atoms with van der Waals surface area (Å²) >= 11 is -0.959. The van der Waals surface area contributed by atoms with E-state index in [1.807, 2.05) is 8.33 Å². The molecule has 0 atom stereocenters. The quantitative estimate of drug-likeness (QED) is 0.465. The van der Waals surface area contributed by atoms with Crippen LogP contribution in [-0.2, 0) is 17.1 Å². The molecule has 0 radical (unpaired) electrons. The molecule has 1 heteroatoms. The van der Waals surface area contributed by atoms with Crippen LogP contribution in [0.4, 0.5) is 0 Å². The predicted molar refractivity (Wildman–Crippen MR) is 98.9 cm³/mol. The average Bonchev–Trinajstić information content (AvgIpc) is 2.75. The van der Waals surface area contributed by atoms with E-state index in [0.717, 1.165) is 0 Å². The third kappa shape index (κ3) is 2.68. The fourth-order valence-corrected chi connectivity index (χ4v) is 11.6. The molecule has 0 heterocycles. The van der Waals surface area contributed by atoms with Gasteiger partial charge in [-0.1, -0.05) is 0 Å². The van der Waals surface area contributed by atoms with Gasteiger partial charge in [-0.05, 0) is 0 Å².